The molecule has 1 aromatic heterocycles. The van der Waals surface area contributed by atoms with E-state index < -0.39 is 0 Å². The van der Waals surface area contributed by atoms with E-state index in [4.69, 9.17) is 4.74 Å². The van der Waals surface area contributed by atoms with Crippen LogP contribution in [0.2, 0.25) is 0 Å². The Morgan fingerprint density at radius 1 is 1.32 bits per heavy atom. The zero-order valence-electron chi connectivity index (χ0n) is 14.7. The summed E-state index contributed by atoms with van der Waals surface area (Å²) in [4.78, 5) is 19.4. The summed E-state index contributed by atoms with van der Waals surface area (Å²) < 4.78 is 5.22. The average Bonchev–Trinajstić information content (AvgIpc) is 2.61. The second-order valence-electron chi connectivity index (χ2n) is 6.03. The average molecular weight is 365 g/mol. The van der Waals surface area contributed by atoms with Gasteiger partial charge in [-0.15, -0.1) is 12.4 Å². The molecule has 1 saturated heterocycles. The number of carbonyl (C=O) groups excluding carboxylic acids is 1. The van der Waals surface area contributed by atoms with E-state index in [2.05, 4.69) is 20.5 Å². The quantitative estimate of drug-likeness (QED) is 0.843. The number of hydrogen-bond acceptors (Lipinski definition) is 5. The lowest BCUT2D eigenvalue weighted by molar-refractivity contribution is 0.0946. The number of ether oxygens (including phenoxy) is 1. The molecule has 136 valence electrons. The van der Waals surface area contributed by atoms with Gasteiger partial charge in [-0.25, -0.2) is 0 Å². The van der Waals surface area contributed by atoms with Gasteiger partial charge < -0.3 is 15.4 Å². The van der Waals surface area contributed by atoms with E-state index in [9.17, 15) is 4.79 Å². The standard InChI is InChI=1S/C18H24N4O2.ClH/c1-13-16(11-14-3-4-15(24-2)12-17(14)21-13)18(23)20-7-10-22-8-5-19-6-9-22;/h3-4,11-12,19H,5-10H2,1-2H3,(H,20,23);1H. The van der Waals surface area contributed by atoms with Crippen molar-refractivity contribution in [3.05, 3.63) is 35.5 Å². The molecule has 2 aromatic rings. The molecule has 25 heavy (non-hydrogen) atoms. The normalized spacial score (nSPS) is 14.8. The summed E-state index contributed by atoms with van der Waals surface area (Å²) >= 11 is 0. The molecule has 1 aliphatic heterocycles. The van der Waals surface area contributed by atoms with Crippen LogP contribution in [0.15, 0.2) is 24.3 Å². The Balaban J connectivity index is 0.00000225. The molecule has 6 nitrogen and oxygen atoms in total. The van der Waals surface area contributed by atoms with Crippen LogP contribution < -0.4 is 15.4 Å². The number of amides is 1. The number of nitrogens with zero attached hydrogens (tertiary/aromatic N) is 2. The van der Waals surface area contributed by atoms with Gasteiger partial charge in [0.05, 0.1) is 23.9 Å². The molecular formula is C18H25ClN4O2. The number of aryl methyl sites for hydroxylation is 1. The maximum absolute atomic E-state index is 12.5. The van der Waals surface area contributed by atoms with Crippen molar-refractivity contribution in [2.45, 2.75) is 6.92 Å². The van der Waals surface area contributed by atoms with E-state index in [1.54, 1.807) is 7.11 Å². The fraction of sp³-hybridized carbons (Fsp3) is 0.444. The number of benzene rings is 1. The van der Waals surface area contributed by atoms with Gasteiger partial charge in [-0.2, -0.15) is 0 Å². The number of fused-ring (bicyclic) bond motifs is 1. The highest BCUT2D eigenvalue weighted by atomic mass is 35.5. The van der Waals surface area contributed by atoms with E-state index in [1.807, 2.05) is 31.2 Å². The zero-order valence-corrected chi connectivity index (χ0v) is 15.5. The number of rotatable bonds is 5. The molecule has 1 aliphatic rings. The lowest BCUT2D eigenvalue weighted by atomic mass is 10.1. The molecule has 0 radical (unpaired) electrons. The summed E-state index contributed by atoms with van der Waals surface area (Å²) in [6, 6.07) is 7.59. The van der Waals surface area contributed by atoms with Gasteiger partial charge in [0.2, 0.25) is 0 Å². The number of pyridine rings is 1. The fourth-order valence-electron chi connectivity index (χ4n) is 2.96. The van der Waals surface area contributed by atoms with Crippen molar-refractivity contribution in [2.24, 2.45) is 0 Å². The van der Waals surface area contributed by atoms with Crippen LogP contribution in [-0.4, -0.2) is 62.2 Å². The van der Waals surface area contributed by atoms with Crippen LogP contribution in [0.1, 0.15) is 16.1 Å². The van der Waals surface area contributed by atoms with Crippen molar-refractivity contribution >= 4 is 29.2 Å². The van der Waals surface area contributed by atoms with Crippen LogP contribution in [0.5, 0.6) is 5.75 Å². The van der Waals surface area contributed by atoms with Gasteiger partial charge in [-0.3, -0.25) is 14.7 Å². The molecule has 0 spiro atoms. The fourth-order valence-corrected chi connectivity index (χ4v) is 2.96. The first-order chi connectivity index (χ1) is 11.7. The Kier molecular flexibility index (Phi) is 6.99. The van der Waals surface area contributed by atoms with Crippen molar-refractivity contribution in [3.8, 4) is 5.75 Å². The van der Waals surface area contributed by atoms with Crippen LogP contribution in [0.3, 0.4) is 0 Å². The highest BCUT2D eigenvalue weighted by molar-refractivity contribution is 5.98. The van der Waals surface area contributed by atoms with E-state index in [0.29, 0.717) is 12.1 Å². The summed E-state index contributed by atoms with van der Waals surface area (Å²) in [5.41, 5.74) is 2.20. The predicted octanol–water partition coefficient (Wildman–Crippen LogP) is 1.61. The van der Waals surface area contributed by atoms with Gasteiger partial charge in [0, 0.05) is 50.7 Å². The molecule has 0 atom stereocenters. The first kappa shape index (κ1) is 19.4. The van der Waals surface area contributed by atoms with Gasteiger partial charge in [0.1, 0.15) is 5.75 Å². The number of nitrogens with one attached hydrogen (secondary N) is 2. The highest BCUT2D eigenvalue weighted by Crippen LogP contribution is 2.21. The maximum Gasteiger partial charge on any atom is 0.253 e. The number of aromatic nitrogens is 1. The third kappa shape index (κ3) is 4.81. The second kappa shape index (κ2) is 8.99. The van der Waals surface area contributed by atoms with Gasteiger partial charge in [0.25, 0.3) is 5.91 Å². The van der Waals surface area contributed by atoms with E-state index >= 15 is 0 Å². The Bertz CT molecular complexity index is 732. The van der Waals surface area contributed by atoms with Gasteiger partial charge >= 0.3 is 0 Å². The van der Waals surface area contributed by atoms with E-state index in [1.165, 1.54) is 0 Å². The molecular weight excluding hydrogens is 340 g/mol. The SMILES string of the molecule is COc1ccc2cc(C(=O)NCCN3CCNCC3)c(C)nc2c1.Cl. The Labute approximate surface area is 154 Å². The minimum Gasteiger partial charge on any atom is -0.497 e. The van der Waals surface area contributed by atoms with Crippen LogP contribution in [0.4, 0.5) is 0 Å². The summed E-state index contributed by atoms with van der Waals surface area (Å²) in [5, 5.41) is 7.27. The molecule has 2 N–H and O–H groups in total. The van der Waals surface area contributed by atoms with Crippen LogP contribution in [0, 0.1) is 6.92 Å². The van der Waals surface area contributed by atoms with Gasteiger partial charge in [-0.05, 0) is 25.1 Å². The summed E-state index contributed by atoms with van der Waals surface area (Å²) in [5.74, 6) is 0.704. The molecule has 2 heterocycles. The van der Waals surface area contributed by atoms with Crippen LogP contribution >= 0.6 is 12.4 Å². The molecule has 0 aliphatic carbocycles. The Hall–Kier alpha value is -1.89. The minimum absolute atomic E-state index is 0. The topological polar surface area (TPSA) is 66.5 Å². The van der Waals surface area contributed by atoms with Crippen molar-refractivity contribution in [1.82, 2.24) is 20.5 Å². The molecule has 1 amide bonds. The number of methoxy groups -OCH3 is 1. The molecule has 7 heteroatoms. The van der Waals surface area contributed by atoms with Gasteiger partial charge in [0.15, 0.2) is 0 Å². The predicted molar refractivity (Wildman–Crippen MR) is 102 cm³/mol. The molecule has 0 saturated carbocycles. The third-order valence-electron chi connectivity index (χ3n) is 4.38. The van der Waals surface area contributed by atoms with Crippen molar-refractivity contribution < 1.29 is 9.53 Å². The molecule has 3 rings (SSSR count). The van der Waals surface area contributed by atoms with Crippen molar-refractivity contribution in [1.29, 1.82) is 0 Å². The first-order valence-electron chi connectivity index (χ1n) is 8.34. The molecule has 1 fully saturated rings. The van der Waals surface area contributed by atoms with Crippen molar-refractivity contribution in [3.63, 3.8) is 0 Å². The lowest BCUT2D eigenvalue weighted by Crippen LogP contribution is -2.46. The molecule has 0 bridgehead atoms. The van der Waals surface area contributed by atoms with Gasteiger partial charge in [-0.1, -0.05) is 0 Å². The van der Waals surface area contributed by atoms with E-state index in [0.717, 1.165) is 55.1 Å². The number of halogens is 1. The number of carbonyl (C=O) groups is 1. The maximum atomic E-state index is 12.5. The summed E-state index contributed by atoms with van der Waals surface area (Å²) in [6.07, 6.45) is 0. The Morgan fingerprint density at radius 3 is 2.80 bits per heavy atom. The number of piperazine rings is 1. The van der Waals surface area contributed by atoms with Crippen molar-refractivity contribution in [2.75, 3.05) is 46.4 Å². The monoisotopic (exact) mass is 364 g/mol. The summed E-state index contributed by atoms with van der Waals surface area (Å²) in [6.45, 7) is 7.51. The first-order valence-corrected chi connectivity index (χ1v) is 8.34. The lowest BCUT2D eigenvalue weighted by Gasteiger charge is -2.27. The third-order valence-corrected chi connectivity index (χ3v) is 4.38. The van der Waals surface area contributed by atoms with Crippen LogP contribution in [0.25, 0.3) is 10.9 Å². The second-order valence-corrected chi connectivity index (χ2v) is 6.03. The summed E-state index contributed by atoms with van der Waals surface area (Å²) in [7, 11) is 1.63. The minimum atomic E-state index is -0.0622. The zero-order chi connectivity index (χ0) is 16.9. The highest BCUT2D eigenvalue weighted by Gasteiger charge is 2.13. The smallest absolute Gasteiger partial charge is 0.253 e. The Morgan fingerprint density at radius 2 is 2.08 bits per heavy atom. The number of hydrogen-bond donors (Lipinski definition) is 2. The largest absolute Gasteiger partial charge is 0.497 e. The van der Waals surface area contributed by atoms with E-state index in [-0.39, 0.29) is 18.3 Å². The molecule has 1 aromatic carbocycles. The molecule has 0 unspecified atom stereocenters. The van der Waals surface area contributed by atoms with Crippen LogP contribution in [-0.2, 0) is 0 Å².